The Labute approximate surface area is 118 Å². The van der Waals surface area contributed by atoms with E-state index in [-0.39, 0.29) is 10.5 Å². The van der Waals surface area contributed by atoms with Crippen LogP contribution >= 0.6 is 15.9 Å². The van der Waals surface area contributed by atoms with E-state index in [9.17, 15) is 13.2 Å². The summed E-state index contributed by atoms with van der Waals surface area (Å²) >= 11 is 3.11. The van der Waals surface area contributed by atoms with Crippen molar-refractivity contribution in [1.82, 2.24) is 9.71 Å². The molecule has 0 fully saturated rings. The first-order valence-corrected chi connectivity index (χ1v) is 7.50. The first-order chi connectivity index (χ1) is 8.99. The molecule has 1 aromatic heterocycles. The Morgan fingerprint density at radius 1 is 1.16 bits per heavy atom. The topological polar surface area (TPSA) is 76.1 Å². The Hall–Kier alpha value is -1.73. The number of hydrogen-bond acceptors (Lipinski definition) is 4. The van der Waals surface area contributed by atoms with Crippen molar-refractivity contribution in [2.24, 2.45) is 0 Å². The molecule has 98 valence electrons. The number of pyridine rings is 1. The van der Waals surface area contributed by atoms with Gasteiger partial charge in [0, 0.05) is 11.8 Å². The van der Waals surface area contributed by atoms with E-state index in [2.05, 4.69) is 20.9 Å². The van der Waals surface area contributed by atoms with Gasteiger partial charge in [-0.25, -0.2) is 18.1 Å². The SMILES string of the molecule is O=C(NS(=O)(=O)c1ccccc1)c1ccnc(Br)c1. The summed E-state index contributed by atoms with van der Waals surface area (Å²) < 4.78 is 26.3. The van der Waals surface area contributed by atoms with Gasteiger partial charge in [-0.3, -0.25) is 4.79 Å². The van der Waals surface area contributed by atoms with Crippen LogP contribution < -0.4 is 4.72 Å². The Morgan fingerprint density at radius 2 is 1.84 bits per heavy atom. The van der Waals surface area contributed by atoms with Crippen LogP contribution in [0.5, 0.6) is 0 Å². The minimum absolute atomic E-state index is 0.0384. The predicted octanol–water partition coefficient (Wildman–Crippen LogP) is 1.96. The van der Waals surface area contributed by atoms with Gasteiger partial charge in [-0.05, 0) is 40.2 Å². The van der Waals surface area contributed by atoms with Crippen LogP contribution in [0, 0.1) is 0 Å². The summed E-state index contributed by atoms with van der Waals surface area (Å²) in [6.45, 7) is 0. The van der Waals surface area contributed by atoms with Gasteiger partial charge in [-0.2, -0.15) is 0 Å². The lowest BCUT2D eigenvalue weighted by Gasteiger charge is -2.06. The summed E-state index contributed by atoms with van der Waals surface area (Å²) in [4.78, 5) is 15.7. The minimum atomic E-state index is -3.86. The van der Waals surface area contributed by atoms with Crippen LogP contribution in [0.4, 0.5) is 0 Å². The number of carbonyl (C=O) groups is 1. The van der Waals surface area contributed by atoms with Gasteiger partial charge in [0.15, 0.2) is 0 Å². The number of benzene rings is 1. The van der Waals surface area contributed by atoms with E-state index in [0.29, 0.717) is 4.60 Å². The lowest BCUT2D eigenvalue weighted by molar-refractivity contribution is 0.0981. The third kappa shape index (κ3) is 3.39. The lowest BCUT2D eigenvalue weighted by Crippen LogP contribution is -2.30. The zero-order valence-corrected chi connectivity index (χ0v) is 12.0. The molecule has 0 saturated heterocycles. The lowest BCUT2D eigenvalue weighted by atomic mass is 10.3. The summed E-state index contributed by atoms with van der Waals surface area (Å²) in [6, 6.07) is 10.6. The fraction of sp³-hybridized carbons (Fsp3) is 0. The molecule has 0 bridgehead atoms. The molecule has 1 aromatic carbocycles. The van der Waals surface area contributed by atoms with Gasteiger partial charge < -0.3 is 0 Å². The summed E-state index contributed by atoms with van der Waals surface area (Å²) in [6.07, 6.45) is 1.41. The fourth-order valence-electron chi connectivity index (χ4n) is 1.38. The number of rotatable bonds is 3. The highest BCUT2D eigenvalue weighted by molar-refractivity contribution is 9.10. The third-order valence-electron chi connectivity index (χ3n) is 2.27. The quantitative estimate of drug-likeness (QED) is 0.866. The van der Waals surface area contributed by atoms with Gasteiger partial charge in [0.1, 0.15) is 4.60 Å². The van der Waals surface area contributed by atoms with Gasteiger partial charge in [-0.15, -0.1) is 0 Å². The van der Waals surface area contributed by atoms with Crippen LogP contribution in [0.3, 0.4) is 0 Å². The van der Waals surface area contributed by atoms with Crippen molar-refractivity contribution >= 4 is 31.9 Å². The zero-order chi connectivity index (χ0) is 13.9. The fourth-order valence-corrected chi connectivity index (χ4v) is 2.74. The van der Waals surface area contributed by atoms with Crippen LogP contribution in [0.25, 0.3) is 0 Å². The van der Waals surface area contributed by atoms with Crippen molar-refractivity contribution < 1.29 is 13.2 Å². The van der Waals surface area contributed by atoms with Gasteiger partial charge in [0.25, 0.3) is 15.9 Å². The average molecular weight is 341 g/mol. The van der Waals surface area contributed by atoms with E-state index in [0.717, 1.165) is 0 Å². The predicted molar refractivity (Wildman–Crippen MR) is 73.0 cm³/mol. The highest BCUT2D eigenvalue weighted by Crippen LogP contribution is 2.11. The molecular formula is C12H9BrN2O3S. The summed E-state index contributed by atoms with van der Waals surface area (Å²) in [5.41, 5.74) is 0.210. The summed E-state index contributed by atoms with van der Waals surface area (Å²) in [5.74, 6) is -0.702. The summed E-state index contributed by atoms with van der Waals surface area (Å²) in [7, 11) is -3.86. The maximum absolute atomic E-state index is 11.9. The van der Waals surface area contributed by atoms with Crippen molar-refractivity contribution in [3.8, 4) is 0 Å². The molecule has 0 radical (unpaired) electrons. The Balaban J connectivity index is 2.24. The molecule has 1 heterocycles. The molecule has 0 atom stereocenters. The van der Waals surface area contributed by atoms with Crippen molar-refractivity contribution in [2.75, 3.05) is 0 Å². The summed E-state index contributed by atoms with van der Waals surface area (Å²) in [5, 5.41) is 0. The molecule has 2 rings (SSSR count). The number of nitrogens with one attached hydrogen (secondary N) is 1. The molecule has 1 amide bonds. The number of carbonyl (C=O) groups excluding carboxylic acids is 1. The second-order valence-electron chi connectivity index (χ2n) is 3.61. The maximum atomic E-state index is 11.9. The van der Waals surface area contributed by atoms with Crippen molar-refractivity contribution in [1.29, 1.82) is 0 Å². The van der Waals surface area contributed by atoms with Crippen LogP contribution in [0.2, 0.25) is 0 Å². The van der Waals surface area contributed by atoms with Gasteiger partial charge in [-0.1, -0.05) is 18.2 Å². The third-order valence-corrected chi connectivity index (χ3v) is 4.05. The molecule has 0 saturated carbocycles. The minimum Gasteiger partial charge on any atom is -0.268 e. The molecule has 2 aromatic rings. The van der Waals surface area contributed by atoms with Crippen LogP contribution in [-0.2, 0) is 10.0 Å². The molecule has 7 heteroatoms. The van der Waals surface area contributed by atoms with E-state index in [4.69, 9.17) is 0 Å². The molecule has 0 aliphatic carbocycles. The Bertz CT molecular complexity index is 702. The number of hydrogen-bond donors (Lipinski definition) is 1. The van der Waals surface area contributed by atoms with Gasteiger partial charge in [0.05, 0.1) is 4.90 Å². The molecule has 0 unspecified atom stereocenters. The largest absolute Gasteiger partial charge is 0.268 e. The Kier molecular flexibility index (Phi) is 3.96. The number of nitrogens with zero attached hydrogens (tertiary/aromatic N) is 1. The smallest absolute Gasteiger partial charge is 0.265 e. The van der Waals surface area contributed by atoms with Gasteiger partial charge in [0.2, 0.25) is 0 Å². The molecule has 0 spiro atoms. The van der Waals surface area contributed by atoms with Crippen molar-refractivity contribution in [2.45, 2.75) is 4.90 Å². The molecule has 1 N–H and O–H groups in total. The van der Waals surface area contributed by atoms with E-state index < -0.39 is 15.9 Å². The van der Waals surface area contributed by atoms with Crippen molar-refractivity contribution in [3.05, 3.63) is 58.8 Å². The first kappa shape index (κ1) is 13.7. The number of sulfonamides is 1. The second-order valence-corrected chi connectivity index (χ2v) is 6.11. The standard InChI is InChI=1S/C12H9BrN2O3S/c13-11-8-9(6-7-14-11)12(16)15-19(17,18)10-4-2-1-3-5-10/h1-8H,(H,15,16). The van der Waals surface area contributed by atoms with E-state index in [1.165, 1.54) is 30.5 Å². The van der Waals surface area contributed by atoms with Crippen LogP contribution in [0.15, 0.2) is 58.2 Å². The molecule has 0 aliphatic heterocycles. The van der Waals surface area contributed by atoms with Crippen LogP contribution in [-0.4, -0.2) is 19.3 Å². The maximum Gasteiger partial charge on any atom is 0.265 e. The number of halogens is 1. The van der Waals surface area contributed by atoms with E-state index in [1.807, 2.05) is 4.72 Å². The van der Waals surface area contributed by atoms with Gasteiger partial charge >= 0.3 is 0 Å². The normalized spacial score (nSPS) is 11.0. The number of aromatic nitrogens is 1. The highest BCUT2D eigenvalue weighted by Gasteiger charge is 2.18. The second kappa shape index (κ2) is 5.50. The molecule has 19 heavy (non-hydrogen) atoms. The average Bonchev–Trinajstić information content (AvgIpc) is 2.39. The first-order valence-electron chi connectivity index (χ1n) is 5.23. The van der Waals surface area contributed by atoms with E-state index in [1.54, 1.807) is 18.2 Å². The highest BCUT2D eigenvalue weighted by atomic mass is 79.9. The Morgan fingerprint density at radius 3 is 2.47 bits per heavy atom. The van der Waals surface area contributed by atoms with E-state index >= 15 is 0 Å². The number of amides is 1. The van der Waals surface area contributed by atoms with Crippen molar-refractivity contribution in [3.63, 3.8) is 0 Å². The monoisotopic (exact) mass is 340 g/mol. The van der Waals surface area contributed by atoms with Crippen LogP contribution in [0.1, 0.15) is 10.4 Å². The molecule has 0 aliphatic rings. The molecular weight excluding hydrogens is 332 g/mol. The molecule has 5 nitrogen and oxygen atoms in total. The zero-order valence-electron chi connectivity index (χ0n) is 9.58.